The Hall–Kier alpha value is -5.10. The van der Waals surface area contributed by atoms with Crippen molar-refractivity contribution in [1.82, 2.24) is 19.8 Å². The number of aliphatic carboxylic acids is 2. The molecule has 1 aromatic carbocycles. The van der Waals surface area contributed by atoms with E-state index < -0.39 is 46.5 Å². The minimum absolute atomic E-state index is 0.00469. The molecule has 1 saturated heterocycles. The molecule has 3 aromatic rings. The average Bonchev–Trinajstić information content (AvgIpc) is 3.53. The van der Waals surface area contributed by atoms with Crippen molar-refractivity contribution in [3.63, 3.8) is 0 Å². The lowest BCUT2D eigenvalue weighted by atomic mass is 10.0. The molecule has 2 aromatic heterocycles. The molecule has 16 nitrogen and oxygen atoms in total. The Balaban J connectivity index is 1.34. The number of hydrogen-bond donors (Lipinski definition) is 5. The molecule has 6 N–H and O–H groups in total. The number of carboxylic acid groups (broad SMARTS) is 2. The van der Waals surface area contributed by atoms with Gasteiger partial charge in [0.15, 0.2) is 33.4 Å². The highest BCUT2D eigenvalue weighted by atomic mass is 32.2. The number of β-lactam (4-membered cyclic amide) rings is 1. The number of phenolic OH excluding ortho intramolecular Hbond substituents is 2. The van der Waals surface area contributed by atoms with Gasteiger partial charge in [-0.25, -0.2) is 18.9 Å². The number of nitrogens with zero attached hydrogens (tertiary/aromatic N) is 5. The number of oxime groups is 1. The molecule has 2 atom stereocenters. The molecule has 4 heterocycles. The Morgan fingerprint density at radius 2 is 2.02 bits per heavy atom. The number of carboxylic acids is 2. The summed E-state index contributed by atoms with van der Waals surface area (Å²) in [5.41, 5.74) is 4.75. The molecule has 0 saturated carbocycles. The number of benzene rings is 1. The molecule has 0 spiro atoms. The van der Waals surface area contributed by atoms with Gasteiger partial charge < -0.3 is 41.1 Å². The summed E-state index contributed by atoms with van der Waals surface area (Å²) in [6.45, 7) is 2.73. The lowest BCUT2D eigenvalue weighted by Gasteiger charge is -2.50. The number of amides is 2. The third-order valence-corrected chi connectivity index (χ3v) is 9.01. The van der Waals surface area contributed by atoms with Crippen molar-refractivity contribution in [2.24, 2.45) is 12.2 Å². The van der Waals surface area contributed by atoms with Crippen LogP contribution in [0.5, 0.6) is 11.5 Å². The number of allylic oxidation sites excluding steroid dienone is 2. The number of thioether (sulfide) groups is 1. The normalized spacial score (nSPS) is 18.7. The summed E-state index contributed by atoms with van der Waals surface area (Å²) >= 11 is 2.23. The second-order valence-corrected chi connectivity index (χ2v) is 12.5. The van der Waals surface area contributed by atoms with Crippen molar-refractivity contribution in [1.29, 1.82) is 0 Å². The van der Waals surface area contributed by atoms with Gasteiger partial charge in [0.05, 0.1) is 18.7 Å². The Morgan fingerprint density at radius 1 is 1.31 bits per heavy atom. The zero-order chi connectivity index (χ0) is 32.8. The zero-order valence-electron chi connectivity index (χ0n) is 24.0. The number of anilines is 1. The van der Waals surface area contributed by atoms with E-state index >= 15 is 0 Å². The van der Waals surface area contributed by atoms with Crippen LogP contribution in [0.1, 0.15) is 19.5 Å². The number of aromatic hydroxyl groups is 2. The number of aromatic nitrogens is 3. The van der Waals surface area contributed by atoms with Crippen molar-refractivity contribution in [3.8, 4) is 11.5 Å². The van der Waals surface area contributed by atoms with Crippen LogP contribution < -0.4 is 20.7 Å². The number of aryl methyl sites for hydroxylation is 1. The van der Waals surface area contributed by atoms with Gasteiger partial charge in [0.2, 0.25) is 11.9 Å². The fourth-order valence-electron chi connectivity index (χ4n) is 4.62. The summed E-state index contributed by atoms with van der Waals surface area (Å²) in [5, 5.41) is 48.2. The highest BCUT2D eigenvalue weighted by Gasteiger charge is 2.53. The number of carbonyl (C=O) groups is 4. The van der Waals surface area contributed by atoms with E-state index in [9.17, 15) is 39.6 Å². The summed E-state index contributed by atoms with van der Waals surface area (Å²) in [4.78, 5) is 60.2. The average molecular weight is 658 g/mol. The monoisotopic (exact) mass is 657 g/mol. The van der Waals surface area contributed by atoms with Gasteiger partial charge in [-0.2, -0.15) is 0 Å². The maximum atomic E-state index is 13.2. The zero-order valence-corrected chi connectivity index (χ0v) is 25.6. The third-order valence-electron chi connectivity index (χ3n) is 7.03. The van der Waals surface area contributed by atoms with E-state index in [2.05, 4.69) is 15.5 Å². The Bertz CT molecular complexity index is 1840. The molecule has 18 heteroatoms. The maximum Gasteiger partial charge on any atom is 0.350 e. The number of imidazole rings is 1. The van der Waals surface area contributed by atoms with Crippen LogP contribution in [0.2, 0.25) is 0 Å². The second-order valence-electron chi connectivity index (χ2n) is 10.6. The SMILES string of the molecule is C[n+]1cn(C/C=C/C2=C(C(=O)[O-])N3C(=O)[C@@H](NC(=O)/C(=N\OC(C)(C)C(=O)O)c4csc(N)n4)[C@H]3SC2)c2cc(O)c(O)cc21. The molecule has 0 bridgehead atoms. The molecule has 236 valence electrons. The fraction of sp³-hybridized carbons (Fsp3) is 0.296. The fourth-order valence-corrected chi connectivity index (χ4v) is 6.49. The van der Waals surface area contributed by atoms with Crippen molar-refractivity contribution >= 4 is 68.7 Å². The first-order valence-electron chi connectivity index (χ1n) is 13.2. The molecule has 2 aliphatic rings. The van der Waals surface area contributed by atoms with Gasteiger partial charge in [0, 0.05) is 23.3 Å². The summed E-state index contributed by atoms with van der Waals surface area (Å²) in [6, 6.07) is 1.71. The van der Waals surface area contributed by atoms with Gasteiger partial charge in [-0.1, -0.05) is 11.2 Å². The number of nitrogen functional groups attached to an aromatic ring is 1. The third kappa shape index (κ3) is 5.88. The molecule has 2 amide bonds. The van der Waals surface area contributed by atoms with Crippen LogP contribution in [0.3, 0.4) is 0 Å². The van der Waals surface area contributed by atoms with E-state index in [1.165, 1.54) is 43.1 Å². The highest BCUT2D eigenvalue weighted by Crippen LogP contribution is 2.40. The smallest absolute Gasteiger partial charge is 0.350 e. The first-order chi connectivity index (χ1) is 21.2. The quantitative estimate of drug-likeness (QED) is 0.0590. The number of fused-ring (bicyclic) bond motifs is 2. The van der Waals surface area contributed by atoms with Gasteiger partial charge in [0.25, 0.3) is 11.8 Å². The van der Waals surface area contributed by atoms with Gasteiger partial charge in [-0.15, -0.1) is 23.1 Å². The van der Waals surface area contributed by atoms with Crippen molar-refractivity contribution in [3.05, 3.63) is 53.0 Å². The van der Waals surface area contributed by atoms with Gasteiger partial charge >= 0.3 is 5.97 Å². The molecular formula is C27H27N7O9S2. The van der Waals surface area contributed by atoms with E-state index in [0.717, 1.165) is 16.2 Å². The number of nitrogens with one attached hydrogen (secondary N) is 1. The number of carbonyl (C=O) groups excluding carboxylic acids is 3. The summed E-state index contributed by atoms with van der Waals surface area (Å²) in [6.07, 6.45) is 5.00. The molecule has 1 fully saturated rings. The van der Waals surface area contributed by atoms with E-state index in [1.807, 2.05) is 0 Å². The first kappa shape index (κ1) is 31.3. The summed E-state index contributed by atoms with van der Waals surface area (Å²) in [7, 11) is 1.77. The highest BCUT2D eigenvalue weighted by molar-refractivity contribution is 8.00. The van der Waals surface area contributed by atoms with Gasteiger partial charge in [-0.05, 0) is 25.5 Å². The van der Waals surface area contributed by atoms with Crippen molar-refractivity contribution in [2.75, 3.05) is 11.5 Å². The van der Waals surface area contributed by atoms with E-state index in [0.29, 0.717) is 16.6 Å². The van der Waals surface area contributed by atoms with Crippen LogP contribution in [0.4, 0.5) is 5.13 Å². The first-order valence-corrected chi connectivity index (χ1v) is 15.1. The molecule has 0 radical (unpaired) electrons. The van der Waals surface area contributed by atoms with E-state index in [1.54, 1.807) is 34.7 Å². The Morgan fingerprint density at radius 3 is 2.67 bits per heavy atom. The predicted molar refractivity (Wildman–Crippen MR) is 159 cm³/mol. The number of phenols is 2. The number of hydrogen-bond acceptors (Lipinski definition) is 13. The molecule has 2 aliphatic heterocycles. The molecule has 45 heavy (non-hydrogen) atoms. The topological polar surface area (TPSA) is 237 Å². The molecule has 0 aliphatic carbocycles. The Kier molecular flexibility index (Phi) is 8.19. The van der Waals surface area contributed by atoms with Gasteiger partial charge in [-0.3, -0.25) is 14.5 Å². The minimum atomic E-state index is -1.79. The number of thiazole rings is 1. The second kappa shape index (κ2) is 11.8. The van der Waals surface area contributed by atoms with Crippen molar-refractivity contribution < 1.29 is 49.0 Å². The molecule has 5 rings (SSSR count). The van der Waals surface area contributed by atoms with E-state index in [-0.39, 0.29) is 40.3 Å². The lowest BCUT2D eigenvalue weighted by Crippen LogP contribution is -2.71. The maximum absolute atomic E-state index is 13.2. The molecule has 0 unspecified atom stereocenters. The predicted octanol–water partition coefficient (Wildman–Crippen LogP) is -0.840. The van der Waals surface area contributed by atoms with Crippen molar-refractivity contribution in [2.45, 2.75) is 37.4 Å². The van der Waals surface area contributed by atoms with Gasteiger partial charge in [0.1, 0.15) is 23.7 Å². The number of nitrogens with two attached hydrogens (primary N) is 1. The van der Waals surface area contributed by atoms with E-state index in [4.69, 9.17) is 10.6 Å². The molecular weight excluding hydrogens is 630 g/mol. The number of rotatable bonds is 10. The summed E-state index contributed by atoms with van der Waals surface area (Å²) in [5.74, 6) is -4.88. The van der Waals surface area contributed by atoms with Crippen LogP contribution in [0.25, 0.3) is 11.0 Å². The van der Waals surface area contributed by atoms with Crippen LogP contribution in [0.15, 0.2) is 52.4 Å². The standard InChI is InChI=1S/C27H27N7O9S2/c1-27(2,25(41)42)43-31-18(13-10-45-26(28)29-13)21(37)30-19-22(38)34-20(24(39)40)12(9-44-23(19)34)5-4-6-33-11-32(3)14-7-16(35)17(36)8-15(14)33/h4-5,7-8,10-11,19,23H,6,9H2,1-3H3,(H6-,28,29,30,31,35,36,37,39,40,41,42)/b5-4+/t19-,23-/m1/s1. The van der Waals surface area contributed by atoms with Crippen LogP contribution in [-0.4, -0.2) is 82.0 Å². The largest absolute Gasteiger partial charge is 0.543 e. The lowest BCUT2D eigenvalue weighted by molar-refractivity contribution is -0.645. The minimum Gasteiger partial charge on any atom is -0.543 e. The van der Waals surface area contributed by atoms with Crippen LogP contribution in [0, 0.1) is 0 Å². The Labute approximate surface area is 262 Å². The summed E-state index contributed by atoms with van der Waals surface area (Å²) < 4.78 is 3.53. The van der Waals surface area contributed by atoms with Crippen LogP contribution in [-0.2, 0) is 37.6 Å². The van der Waals surface area contributed by atoms with Crippen LogP contribution >= 0.6 is 23.1 Å².